The van der Waals surface area contributed by atoms with E-state index in [9.17, 15) is 10.4 Å². The Labute approximate surface area is 202 Å². The number of benzene rings is 2. The Morgan fingerprint density at radius 3 is 2.69 bits per heavy atom. The molecule has 0 aliphatic carbocycles. The zero-order valence-electron chi connectivity index (χ0n) is 19.2. The number of anilines is 1. The van der Waals surface area contributed by atoms with Gasteiger partial charge in [-0.2, -0.15) is 5.26 Å². The summed E-state index contributed by atoms with van der Waals surface area (Å²) in [5.74, 6) is 2.93. The summed E-state index contributed by atoms with van der Waals surface area (Å²) in [5, 5.41) is 18.8. The Bertz CT molecular complexity index is 1390. The van der Waals surface area contributed by atoms with E-state index >= 15 is 0 Å². The van der Waals surface area contributed by atoms with Gasteiger partial charge in [0, 0.05) is 29.9 Å². The van der Waals surface area contributed by atoms with Gasteiger partial charge in [-0.15, -0.1) is 0 Å². The van der Waals surface area contributed by atoms with Gasteiger partial charge in [-0.3, -0.25) is 4.40 Å². The molecule has 9 nitrogen and oxygen atoms in total. The standard InChI is InChI=1S/C26H25N5O4/c1-33-20-8-4-17(13-27)22(12-20)35-19-6-2-16(3-7-19)23-24-25(28)29-10-11-31(24)26(30-23)18-5-9-21(14-32)34-15-18/h2-4,6-8,10-12,18,21,32H,5,9,14-15H2,1H3,(H2,28,29). The highest BCUT2D eigenvalue weighted by atomic mass is 16.5. The molecule has 0 saturated carbocycles. The van der Waals surface area contributed by atoms with Crippen LogP contribution in [0.2, 0.25) is 0 Å². The second-order valence-electron chi connectivity index (χ2n) is 8.36. The summed E-state index contributed by atoms with van der Waals surface area (Å²) in [7, 11) is 1.56. The Hall–Kier alpha value is -4.13. The number of aliphatic hydroxyl groups excluding tert-OH is 1. The maximum Gasteiger partial charge on any atom is 0.150 e. The van der Waals surface area contributed by atoms with E-state index in [1.54, 1.807) is 31.5 Å². The van der Waals surface area contributed by atoms with Gasteiger partial charge in [0.05, 0.1) is 32.0 Å². The van der Waals surface area contributed by atoms with E-state index in [1.807, 2.05) is 34.9 Å². The number of nitrogens with zero attached hydrogens (tertiary/aromatic N) is 4. The van der Waals surface area contributed by atoms with E-state index in [1.165, 1.54) is 0 Å². The van der Waals surface area contributed by atoms with Crippen LogP contribution in [0.3, 0.4) is 0 Å². The van der Waals surface area contributed by atoms with Crippen LogP contribution in [0.15, 0.2) is 54.9 Å². The van der Waals surface area contributed by atoms with Crippen molar-refractivity contribution in [3.63, 3.8) is 0 Å². The first-order valence-electron chi connectivity index (χ1n) is 11.3. The summed E-state index contributed by atoms with van der Waals surface area (Å²) >= 11 is 0. The van der Waals surface area contributed by atoms with Crippen molar-refractivity contribution < 1.29 is 19.3 Å². The molecule has 5 rings (SSSR count). The molecule has 1 aliphatic rings. The number of hydrogen-bond acceptors (Lipinski definition) is 8. The van der Waals surface area contributed by atoms with Gasteiger partial charge in [0.1, 0.15) is 46.2 Å². The molecule has 9 heteroatoms. The highest BCUT2D eigenvalue weighted by Gasteiger charge is 2.27. The van der Waals surface area contributed by atoms with Gasteiger partial charge in [0.2, 0.25) is 0 Å². The lowest BCUT2D eigenvalue weighted by molar-refractivity contribution is -0.0282. The van der Waals surface area contributed by atoms with E-state index < -0.39 is 0 Å². The third kappa shape index (κ3) is 4.37. The average molecular weight is 472 g/mol. The third-order valence-corrected chi connectivity index (χ3v) is 6.21. The van der Waals surface area contributed by atoms with Crippen molar-refractivity contribution in [1.82, 2.24) is 14.4 Å². The van der Waals surface area contributed by atoms with Crippen molar-refractivity contribution in [3.8, 4) is 34.6 Å². The minimum absolute atomic E-state index is 0.0250. The first-order valence-corrected chi connectivity index (χ1v) is 11.3. The van der Waals surface area contributed by atoms with Gasteiger partial charge < -0.3 is 25.1 Å². The number of nitriles is 1. The van der Waals surface area contributed by atoms with Crippen LogP contribution in [0.1, 0.15) is 30.1 Å². The first kappa shape index (κ1) is 22.7. The van der Waals surface area contributed by atoms with Gasteiger partial charge >= 0.3 is 0 Å². The minimum Gasteiger partial charge on any atom is -0.497 e. The molecule has 3 N–H and O–H groups in total. The van der Waals surface area contributed by atoms with Crippen molar-refractivity contribution in [1.29, 1.82) is 5.26 Å². The average Bonchev–Trinajstić information content (AvgIpc) is 3.30. The second kappa shape index (κ2) is 9.62. The molecule has 0 amide bonds. The van der Waals surface area contributed by atoms with E-state index in [0.29, 0.717) is 35.2 Å². The summed E-state index contributed by atoms with van der Waals surface area (Å²) in [6.45, 7) is 0.512. The number of rotatable bonds is 6. The van der Waals surface area contributed by atoms with Crippen LogP contribution in [0.4, 0.5) is 5.82 Å². The summed E-state index contributed by atoms with van der Waals surface area (Å²) in [4.78, 5) is 9.23. The largest absolute Gasteiger partial charge is 0.497 e. The highest BCUT2D eigenvalue weighted by Crippen LogP contribution is 2.35. The molecule has 0 spiro atoms. The van der Waals surface area contributed by atoms with Crippen LogP contribution < -0.4 is 15.2 Å². The van der Waals surface area contributed by atoms with Crippen LogP contribution in [0, 0.1) is 11.3 Å². The predicted molar refractivity (Wildman–Crippen MR) is 129 cm³/mol. The van der Waals surface area contributed by atoms with Gasteiger partial charge in [-0.25, -0.2) is 9.97 Å². The predicted octanol–water partition coefficient (Wildman–Crippen LogP) is 3.91. The maximum atomic E-state index is 9.40. The molecule has 0 radical (unpaired) electrons. The van der Waals surface area contributed by atoms with E-state index in [2.05, 4.69) is 11.1 Å². The number of fused-ring (bicyclic) bond motifs is 1. The van der Waals surface area contributed by atoms with Gasteiger partial charge in [0.15, 0.2) is 0 Å². The second-order valence-corrected chi connectivity index (χ2v) is 8.36. The third-order valence-electron chi connectivity index (χ3n) is 6.21. The number of aliphatic hydroxyl groups is 1. The van der Waals surface area contributed by atoms with Crippen LogP contribution >= 0.6 is 0 Å². The summed E-state index contributed by atoms with van der Waals surface area (Å²) < 4.78 is 19.0. The molecular weight excluding hydrogens is 446 g/mol. The van der Waals surface area contributed by atoms with Gasteiger partial charge in [-0.1, -0.05) is 0 Å². The first-order chi connectivity index (χ1) is 17.1. The van der Waals surface area contributed by atoms with E-state index in [0.717, 1.165) is 35.4 Å². The van der Waals surface area contributed by atoms with Crippen molar-refractivity contribution >= 4 is 11.3 Å². The Morgan fingerprint density at radius 2 is 2.00 bits per heavy atom. The molecule has 2 atom stereocenters. The highest BCUT2D eigenvalue weighted by molar-refractivity contribution is 5.85. The van der Waals surface area contributed by atoms with Crippen molar-refractivity contribution in [3.05, 3.63) is 66.2 Å². The molecule has 2 aromatic heterocycles. The molecule has 1 saturated heterocycles. The number of ether oxygens (including phenoxy) is 3. The van der Waals surface area contributed by atoms with Crippen LogP contribution in [0.25, 0.3) is 16.8 Å². The molecule has 4 aromatic rings. The van der Waals surface area contributed by atoms with Gasteiger partial charge in [0.25, 0.3) is 0 Å². The van der Waals surface area contributed by atoms with Crippen molar-refractivity contribution in [2.24, 2.45) is 0 Å². The Balaban J connectivity index is 1.47. The van der Waals surface area contributed by atoms with Crippen LogP contribution in [-0.4, -0.2) is 45.9 Å². The SMILES string of the molecule is COc1ccc(C#N)c(Oc2ccc(-c3nc(C4CCC(CO)OC4)n4ccnc(N)c34)cc2)c1. The number of methoxy groups -OCH3 is 1. The molecule has 0 bridgehead atoms. The van der Waals surface area contributed by atoms with E-state index in [4.69, 9.17) is 24.9 Å². The number of hydrogen-bond donors (Lipinski definition) is 2. The zero-order chi connectivity index (χ0) is 24.4. The minimum atomic E-state index is -0.123. The summed E-state index contributed by atoms with van der Waals surface area (Å²) in [5.41, 5.74) is 9.00. The topological polar surface area (TPSA) is 128 Å². The molecule has 2 unspecified atom stereocenters. The van der Waals surface area contributed by atoms with Crippen molar-refractivity contribution in [2.45, 2.75) is 24.9 Å². The lowest BCUT2D eigenvalue weighted by atomic mass is 9.98. The lowest BCUT2D eigenvalue weighted by Crippen LogP contribution is -2.28. The molecule has 1 aliphatic heterocycles. The summed E-state index contributed by atoms with van der Waals surface area (Å²) in [6.07, 6.45) is 5.03. The van der Waals surface area contributed by atoms with Crippen LogP contribution in [0.5, 0.6) is 17.2 Å². The normalized spacial score (nSPS) is 17.7. The number of nitrogen functional groups attached to an aromatic ring is 1. The summed E-state index contributed by atoms with van der Waals surface area (Å²) in [6, 6.07) is 14.6. The quantitative estimate of drug-likeness (QED) is 0.433. The fourth-order valence-electron chi connectivity index (χ4n) is 4.34. The van der Waals surface area contributed by atoms with Gasteiger partial charge in [-0.05, 0) is 49.2 Å². The Kier molecular flexibility index (Phi) is 6.23. The maximum absolute atomic E-state index is 9.40. The zero-order valence-corrected chi connectivity index (χ0v) is 19.2. The number of aromatic nitrogens is 3. The smallest absolute Gasteiger partial charge is 0.150 e. The Morgan fingerprint density at radius 1 is 1.20 bits per heavy atom. The fraction of sp³-hybridized carbons (Fsp3) is 0.269. The molecule has 35 heavy (non-hydrogen) atoms. The molecule has 178 valence electrons. The monoisotopic (exact) mass is 471 g/mol. The number of nitrogens with two attached hydrogens (primary N) is 1. The van der Waals surface area contributed by atoms with Crippen molar-refractivity contribution in [2.75, 3.05) is 26.1 Å². The van der Waals surface area contributed by atoms with Crippen LogP contribution in [-0.2, 0) is 4.74 Å². The molecule has 2 aromatic carbocycles. The number of imidazole rings is 1. The molecule has 3 heterocycles. The van der Waals surface area contributed by atoms with E-state index in [-0.39, 0.29) is 18.6 Å². The fourth-order valence-corrected chi connectivity index (χ4v) is 4.34. The molecular formula is C26H25N5O4. The molecule has 1 fully saturated rings. The lowest BCUT2D eigenvalue weighted by Gasteiger charge is -2.27.